The topological polar surface area (TPSA) is 64.1 Å². The molecule has 22 heavy (non-hydrogen) atoms. The van der Waals surface area contributed by atoms with Gasteiger partial charge in [-0.05, 0) is 29.6 Å². The summed E-state index contributed by atoms with van der Waals surface area (Å²) in [7, 11) is 1.50. The lowest BCUT2D eigenvalue weighted by Gasteiger charge is -2.07. The quantitative estimate of drug-likeness (QED) is 0.765. The largest absolute Gasteiger partial charge is 0.496 e. The third-order valence-electron chi connectivity index (χ3n) is 2.78. The molecule has 0 aliphatic carbocycles. The van der Waals surface area contributed by atoms with Crippen LogP contribution in [0.25, 0.3) is 9.88 Å². The zero-order valence-corrected chi connectivity index (χ0v) is 13.8. The summed E-state index contributed by atoms with van der Waals surface area (Å²) >= 11 is 8.82. The first-order valence-electron chi connectivity index (χ1n) is 6.19. The van der Waals surface area contributed by atoms with Crippen LogP contribution < -0.4 is 10.1 Å². The molecule has 1 N–H and O–H groups in total. The van der Waals surface area contributed by atoms with Crippen LogP contribution in [-0.4, -0.2) is 23.2 Å². The molecule has 3 aromatic rings. The molecule has 0 radical (unpaired) electrons. The van der Waals surface area contributed by atoms with Gasteiger partial charge >= 0.3 is 0 Å². The number of hydrogen-bond donors (Lipinski definition) is 1. The van der Waals surface area contributed by atoms with Gasteiger partial charge in [0.1, 0.15) is 5.75 Å². The Kier molecular flexibility index (Phi) is 4.37. The van der Waals surface area contributed by atoms with Gasteiger partial charge in [-0.2, -0.15) is 0 Å². The van der Waals surface area contributed by atoms with Crippen LogP contribution in [0.4, 0.5) is 5.13 Å². The van der Waals surface area contributed by atoms with Crippen LogP contribution in [0.2, 0.25) is 5.02 Å². The van der Waals surface area contributed by atoms with Crippen molar-refractivity contribution in [3.8, 4) is 15.6 Å². The number of benzene rings is 1. The zero-order chi connectivity index (χ0) is 15.5. The van der Waals surface area contributed by atoms with Gasteiger partial charge in [-0.3, -0.25) is 10.1 Å². The molecule has 0 spiro atoms. The molecule has 2 aromatic heterocycles. The van der Waals surface area contributed by atoms with E-state index in [1.807, 2.05) is 17.5 Å². The van der Waals surface area contributed by atoms with Gasteiger partial charge in [0.25, 0.3) is 5.91 Å². The highest BCUT2D eigenvalue weighted by molar-refractivity contribution is 7.23. The summed E-state index contributed by atoms with van der Waals surface area (Å²) in [6.07, 6.45) is 0. The fourth-order valence-corrected chi connectivity index (χ4v) is 3.50. The van der Waals surface area contributed by atoms with Crippen LogP contribution in [-0.2, 0) is 0 Å². The van der Waals surface area contributed by atoms with Crippen molar-refractivity contribution >= 4 is 45.3 Å². The minimum Gasteiger partial charge on any atom is -0.496 e. The number of methoxy groups -OCH3 is 1. The van der Waals surface area contributed by atoms with E-state index in [0.717, 1.165) is 9.88 Å². The van der Waals surface area contributed by atoms with Crippen LogP contribution in [0.1, 0.15) is 10.4 Å². The molecule has 0 bridgehead atoms. The molecule has 0 atom stereocenters. The summed E-state index contributed by atoms with van der Waals surface area (Å²) in [6, 6.07) is 8.76. The number of carbonyl (C=O) groups excluding carboxylic acids is 1. The molecule has 2 heterocycles. The monoisotopic (exact) mass is 351 g/mol. The second kappa shape index (κ2) is 6.43. The normalized spacial score (nSPS) is 10.5. The Morgan fingerprint density at radius 3 is 2.91 bits per heavy atom. The van der Waals surface area contributed by atoms with Crippen LogP contribution in [0.3, 0.4) is 0 Å². The molecule has 0 unspecified atom stereocenters. The van der Waals surface area contributed by atoms with E-state index in [4.69, 9.17) is 16.3 Å². The van der Waals surface area contributed by atoms with E-state index in [2.05, 4.69) is 15.5 Å². The number of amides is 1. The second-order valence-electron chi connectivity index (χ2n) is 4.19. The number of nitrogens with zero attached hydrogens (tertiary/aromatic N) is 2. The van der Waals surface area contributed by atoms with E-state index in [9.17, 15) is 4.79 Å². The molecule has 1 aromatic carbocycles. The van der Waals surface area contributed by atoms with Gasteiger partial charge in [0, 0.05) is 5.02 Å². The van der Waals surface area contributed by atoms with Crippen molar-refractivity contribution < 1.29 is 9.53 Å². The highest BCUT2D eigenvalue weighted by atomic mass is 35.5. The highest BCUT2D eigenvalue weighted by Crippen LogP contribution is 2.30. The lowest BCUT2D eigenvalue weighted by Crippen LogP contribution is -2.13. The molecular weight excluding hydrogens is 342 g/mol. The molecule has 0 aliphatic heterocycles. The maximum absolute atomic E-state index is 12.3. The summed E-state index contributed by atoms with van der Waals surface area (Å²) in [5.41, 5.74) is 0.350. The average Bonchev–Trinajstić information content (AvgIpc) is 3.17. The van der Waals surface area contributed by atoms with Crippen molar-refractivity contribution in [2.75, 3.05) is 12.4 Å². The fraction of sp³-hybridized carbons (Fsp3) is 0.0714. The smallest absolute Gasteiger partial charge is 0.261 e. The predicted molar refractivity (Wildman–Crippen MR) is 89.2 cm³/mol. The minimum absolute atomic E-state index is 0.340. The van der Waals surface area contributed by atoms with Crippen molar-refractivity contribution in [3.05, 3.63) is 46.3 Å². The number of anilines is 1. The number of thiophene rings is 1. The Balaban J connectivity index is 1.82. The molecular formula is C14H10ClN3O2S2. The Morgan fingerprint density at radius 1 is 1.32 bits per heavy atom. The number of rotatable bonds is 4. The Labute approximate surface area is 139 Å². The van der Waals surface area contributed by atoms with E-state index in [-0.39, 0.29) is 5.91 Å². The molecule has 1 amide bonds. The van der Waals surface area contributed by atoms with E-state index < -0.39 is 0 Å². The second-order valence-corrected chi connectivity index (χ2v) is 6.55. The Bertz CT molecular complexity index is 802. The van der Waals surface area contributed by atoms with E-state index in [1.165, 1.54) is 18.4 Å². The number of ether oxygens (including phenoxy) is 1. The molecule has 0 aliphatic rings. The molecule has 112 valence electrons. The molecule has 0 saturated heterocycles. The number of aromatic nitrogens is 2. The van der Waals surface area contributed by atoms with Crippen LogP contribution in [0.15, 0.2) is 35.7 Å². The SMILES string of the molecule is COc1ccc(Cl)cc1C(=O)Nc1nnc(-c2cccs2)s1. The highest BCUT2D eigenvalue weighted by Gasteiger charge is 2.16. The van der Waals surface area contributed by atoms with Crippen molar-refractivity contribution in [1.29, 1.82) is 0 Å². The third-order valence-corrected chi connectivity index (χ3v) is 4.90. The van der Waals surface area contributed by atoms with E-state index in [0.29, 0.717) is 21.5 Å². The summed E-state index contributed by atoms with van der Waals surface area (Å²) in [6.45, 7) is 0. The van der Waals surface area contributed by atoms with E-state index in [1.54, 1.807) is 29.5 Å². The van der Waals surface area contributed by atoms with Crippen molar-refractivity contribution in [3.63, 3.8) is 0 Å². The summed E-state index contributed by atoms with van der Waals surface area (Å²) in [5.74, 6) is 0.109. The average molecular weight is 352 g/mol. The molecule has 3 rings (SSSR count). The van der Waals surface area contributed by atoms with Crippen molar-refractivity contribution in [1.82, 2.24) is 10.2 Å². The fourth-order valence-electron chi connectivity index (χ4n) is 1.80. The van der Waals surface area contributed by atoms with Gasteiger partial charge in [0.15, 0.2) is 5.01 Å². The summed E-state index contributed by atoms with van der Waals surface area (Å²) in [5, 5.41) is 14.4. The van der Waals surface area contributed by atoms with Gasteiger partial charge in [-0.1, -0.05) is 29.0 Å². The minimum atomic E-state index is -0.340. The number of halogens is 1. The first-order valence-corrected chi connectivity index (χ1v) is 8.27. The lowest BCUT2D eigenvalue weighted by molar-refractivity contribution is 0.102. The predicted octanol–water partition coefficient (Wildman–Crippen LogP) is 4.18. The van der Waals surface area contributed by atoms with Gasteiger partial charge in [-0.25, -0.2) is 0 Å². The summed E-state index contributed by atoms with van der Waals surface area (Å²) < 4.78 is 5.17. The maximum Gasteiger partial charge on any atom is 0.261 e. The van der Waals surface area contributed by atoms with E-state index >= 15 is 0 Å². The third kappa shape index (κ3) is 3.11. The number of hydrogen-bond acceptors (Lipinski definition) is 6. The molecule has 5 nitrogen and oxygen atoms in total. The first-order chi connectivity index (χ1) is 10.7. The van der Waals surface area contributed by atoms with Crippen molar-refractivity contribution in [2.24, 2.45) is 0 Å². The molecule has 0 saturated carbocycles. The van der Waals surface area contributed by atoms with Crippen LogP contribution >= 0.6 is 34.3 Å². The first kappa shape index (κ1) is 15.0. The zero-order valence-electron chi connectivity index (χ0n) is 11.4. The lowest BCUT2D eigenvalue weighted by atomic mass is 10.2. The summed E-state index contributed by atoms with van der Waals surface area (Å²) in [4.78, 5) is 13.3. The van der Waals surface area contributed by atoms with Gasteiger partial charge in [0.05, 0.1) is 17.6 Å². The Morgan fingerprint density at radius 2 is 2.18 bits per heavy atom. The van der Waals surface area contributed by atoms with Gasteiger partial charge < -0.3 is 4.74 Å². The molecule has 0 fully saturated rings. The van der Waals surface area contributed by atoms with Gasteiger partial charge in [-0.15, -0.1) is 21.5 Å². The maximum atomic E-state index is 12.3. The van der Waals surface area contributed by atoms with Gasteiger partial charge in [0.2, 0.25) is 5.13 Å². The number of carbonyl (C=O) groups is 1. The Hall–Kier alpha value is -1.96. The molecule has 8 heteroatoms. The van der Waals surface area contributed by atoms with Crippen LogP contribution in [0.5, 0.6) is 5.75 Å². The van der Waals surface area contributed by atoms with Crippen molar-refractivity contribution in [2.45, 2.75) is 0 Å². The number of nitrogens with one attached hydrogen (secondary N) is 1. The van der Waals surface area contributed by atoms with Crippen LogP contribution in [0, 0.1) is 0 Å². The standard InChI is InChI=1S/C14H10ClN3O2S2/c1-20-10-5-4-8(15)7-9(10)12(19)16-14-18-17-13(22-14)11-3-2-6-21-11/h2-7H,1H3,(H,16,18,19).